The largest absolute Gasteiger partial charge is 0.491 e. The van der Waals surface area contributed by atoms with Crippen molar-refractivity contribution in [3.63, 3.8) is 0 Å². The van der Waals surface area contributed by atoms with Gasteiger partial charge in [-0.3, -0.25) is 10.1 Å². The van der Waals surface area contributed by atoms with Gasteiger partial charge in [-0.15, -0.1) is 0 Å². The molecule has 1 aliphatic rings. The number of hydrogen-bond acceptors (Lipinski definition) is 3. The molecule has 2 rings (SSSR count). The minimum Gasteiger partial charge on any atom is -0.491 e. The summed E-state index contributed by atoms with van der Waals surface area (Å²) in [6, 6.07) is 7.15. The quantitative estimate of drug-likeness (QED) is 0.835. The number of benzene rings is 1. The molecule has 0 spiro atoms. The first-order chi connectivity index (χ1) is 8.09. The molecule has 1 aromatic rings. The highest BCUT2D eigenvalue weighted by molar-refractivity contribution is 5.73. The molecule has 0 bridgehead atoms. The lowest BCUT2D eigenvalue weighted by Crippen LogP contribution is -2.43. The van der Waals surface area contributed by atoms with E-state index in [1.54, 1.807) is 0 Å². The van der Waals surface area contributed by atoms with Crippen molar-refractivity contribution in [3.8, 4) is 5.75 Å². The number of aliphatic carboxylic acids is 1. The normalized spacial score (nSPS) is 19.8. The van der Waals surface area contributed by atoms with Gasteiger partial charge in [0.2, 0.25) is 0 Å². The molecule has 1 aromatic carbocycles. The number of rotatable bonds is 4. The third-order valence-electron chi connectivity index (χ3n) is 3.01. The van der Waals surface area contributed by atoms with Crippen molar-refractivity contribution >= 4 is 5.97 Å². The van der Waals surface area contributed by atoms with Gasteiger partial charge in [0.25, 0.3) is 0 Å². The van der Waals surface area contributed by atoms with E-state index in [-0.39, 0.29) is 12.0 Å². The average Bonchev–Trinajstić information content (AvgIpc) is 2.68. The van der Waals surface area contributed by atoms with E-state index < -0.39 is 12.0 Å². The summed E-state index contributed by atoms with van der Waals surface area (Å²) >= 11 is 0. The van der Waals surface area contributed by atoms with Crippen molar-refractivity contribution in [1.29, 1.82) is 0 Å². The second kappa shape index (κ2) is 4.75. The molecule has 0 fully saturated rings. The van der Waals surface area contributed by atoms with Crippen LogP contribution in [0.2, 0.25) is 0 Å². The lowest BCUT2D eigenvalue weighted by atomic mass is 10.0. The Labute approximate surface area is 101 Å². The maximum atomic E-state index is 11.1. The lowest BCUT2D eigenvalue weighted by molar-refractivity contribution is -0.140. The summed E-state index contributed by atoms with van der Waals surface area (Å²) in [5.41, 5.74) is 1.04. The third-order valence-corrected chi connectivity index (χ3v) is 3.01. The maximum absolute atomic E-state index is 11.1. The number of para-hydroxylation sites is 1. The van der Waals surface area contributed by atoms with Crippen molar-refractivity contribution < 1.29 is 14.6 Å². The Morgan fingerprint density at radius 2 is 2.18 bits per heavy atom. The predicted octanol–water partition coefficient (Wildman–Crippen LogP) is 1.82. The van der Waals surface area contributed by atoms with E-state index in [2.05, 4.69) is 5.32 Å². The Balaban J connectivity index is 2.13. The summed E-state index contributed by atoms with van der Waals surface area (Å²) in [6.45, 7) is 4.29. The third kappa shape index (κ3) is 2.42. The van der Waals surface area contributed by atoms with Crippen molar-refractivity contribution in [1.82, 2.24) is 5.32 Å². The Hall–Kier alpha value is -1.55. The van der Waals surface area contributed by atoms with Crippen LogP contribution in [0.3, 0.4) is 0 Å². The molecular formula is C13H17NO3. The van der Waals surface area contributed by atoms with Crippen LogP contribution in [-0.2, 0) is 4.79 Å². The summed E-state index contributed by atoms with van der Waals surface area (Å²) in [4.78, 5) is 11.1. The Morgan fingerprint density at radius 3 is 2.82 bits per heavy atom. The minimum atomic E-state index is -0.815. The molecule has 0 saturated heterocycles. The van der Waals surface area contributed by atoms with E-state index in [1.807, 2.05) is 38.1 Å². The summed E-state index contributed by atoms with van der Waals surface area (Å²) in [5, 5.41) is 12.3. The molecule has 2 N–H and O–H groups in total. The number of nitrogens with one attached hydrogen (secondary N) is 1. The zero-order valence-corrected chi connectivity index (χ0v) is 10.0. The summed E-state index contributed by atoms with van der Waals surface area (Å²) in [5.74, 6) is 0.0718. The van der Waals surface area contributed by atoms with Gasteiger partial charge >= 0.3 is 5.97 Å². The average molecular weight is 235 g/mol. The molecule has 1 aliphatic heterocycles. The fourth-order valence-corrected chi connectivity index (χ4v) is 2.07. The van der Waals surface area contributed by atoms with Gasteiger partial charge in [-0.2, -0.15) is 0 Å². The fraction of sp³-hybridized carbons (Fsp3) is 0.462. The minimum absolute atomic E-state index is 0.0327. The van der Waals surface area contributed by atoms with E-state index in [1.165, 1.54) is 0 Å². The van der Waals surface area contributed by atoms with Crippen LogP contribution in [0.15, 0.2) is 24.3 Å². The van der Waals surface area contributed by atoms with Gasteiger partial charge < -0.3 is 9.84 Å². The lowest BCUT2D eigenvalue weighted by Gasteiger charge is -2.21. The predicted molar refractivity (Wildman–Crippen MR) is 64.1 cm³/mol. The van der Waals surface area contributed by atoms with Gasteiger partial charge in [0, 0.05) is 5.56 Å². The van der Waals surface area contributed by atoms with E-state index in [0.29, 0.717) is 6.61 Å². The van der Waals surface area contributed by atoms with Gasteiger partial charge in [0.1, 0.15) is 18.4 Å². The first kappa shape index (κ1) is 11.9. The molecule has 2 unspecified atom stereocenters. The van der Waals surface area contributed by atoms with Crippen LogP contribution in [0.25, 0.3) is 0 Å². The van der Waals surface area contributed by atoms with E-state index in [4.69, 9.17) is 9.84 Å². The Bertz CT molecular complexity index is 417. The van der Waals surface area contributed by atoms with E-state index in [9.17, 15) is 4.79 Å². The van der Waals surface area contributed by atoms with Gasteiger partial charge in [-0.1, -0.05) is 32.0 Å². The van der Waals surface area contributed by atoms with Crippen LogP contribution in [0.1, 0.15) is 25.5 Å². The van der Waals surface area contributed by atoms with E-state index in [0.717, 1.165) is 11.3 Å². The molecule has 0 radical (unpaired) electrons. The van der Waals surface area contributed by atoms with Crippen LogP contribution < -0.4 is 10.1 Å². The molecule has 0 aromatic heterocycles. The highest BCUT2D eigenvalue weighted by atomic mass is 16.5. The van der Waals surface area contributed by atoms with Crippen molar-refractivity contribution in [2.45, 2.75) is 25.9 Å². The molecule has 17 heavy (non-hydrogen) atoms. The topological polar surface area (TPSA) is 58.6 Å². The van der Waals surface area contributed by atoms with Crippen LogP contribution in [0.5, 0.6) is 5.75 Å². The Morgan fingerprint density at radius 1 is 1.47 bits per heavy atom. The van der Waals surface area contributed by atoms with Crippen molar-refractivity contribution in [2.24, 2.45) is 5.92 Å². The van der Waals surface area contributed by atoms with Gasteiger partial charge in [-0.25, -0.2) is 0 Å². The van der Waals surface area contributed by atoms with E-state index >= 15 is 0 Å². The Kier molecular flexibility index (Phi) is 3.33. The number of carboxylic acid groups (broad SMARTS) is 1. The second-order valence-corrected chi connectivity index (χ2v) is 4.63. The number of fused-ring (bicyclic) bond motifs is 1. The SMILES string of the molecule is CC(C)C(NC1COc2ccccc21)C(=O)O. The van der Waals surface area contributed by atoms with Crippen LogP contribution in [0.4, 0.5) is 0 Å². The molecule has 4 nitrogen and oxygen atoms in total. The highest BCUT2D eigenvalue weighted by Crippen LogP contribution is 2.32. The van der Waals surface area contributed by atoms with Crippen molar-refractivity contribution in [2.75, 3.05) is 6.61 Å². The smallest absolute Gasteiger partial charge is 0.320 e. The van der Waals surface area contributed by atoms with Gasteiger partial charge in [-0.05, 0) is 12.0 Å². The molecular weight excluding hydrogens is 218 g/mol. The van der Waals surface area contributed by atoms with Gasteiger partial charge in [0.15, 0.2) is 0 Å². The number of carbonyl (C=O) groups is 1. The van der Waals surface area contributed by atoms with Crippen LogP contribution >= 0.6 is 0 Å². The van der Waals surface area contributed by atoms with Crippen molar-refractivity contribution in [3.05, 3.63) is 29.8 Å². The molecule has 2 atom stereocenters. The first-order valence-electron chi connectivity index (χ1n) is 5.80. The molecule has 0 saturated carbocycles. The van der Waals surface area contributed by atoms with Gasteiger partial charge in [0.05, 0.1) is 6.04 Å². The summed E-state index contributed by atoms with van der Waals surface area (Å²) in [7, 11) is 0. The molecule has 1 heterocycles. The molecule has 92 valence electrons. The first-order valence-corrected chi connectivity index (χ1v) is 5.80. The second-order valence-electron chi connectivity index (χ2n) is 4.63. The molecule has 4 heteroatoms. The molecule has 0 aliphatic carbocycles. The number of ether oxygens (including phenoxy) is 1. The summed E-state index contributed by atoms with van der Waals surface area (Å²) < 4.78 is 5.52. The zero-order valence-electron chi connectivity index (χ0n) is 10.0. The summed E-state index contributed by atoms with van der Waals surface area (Å²) in [6.07, 6.45) is 0. The fourth-order valence-electron chi connectivity index (χ4n) is 2.07. The van der Waals surface area contributed by atoms with Crippen LogP contribution in [-0.4, -0.2) is 23.7 Å². The standard InChI is InChI=1S/C13H17NO3/c1-8(2)12(13(15)16)14-10-7-17-11-6-4-3-5-9(10)11/h3-6,8,10,12,14H,7H2,1-2H3,(H,15,16). The number of hydrogen-bond donors (Lipinski definition) is 2. The highest BCUT2D eigenvalue weighted by Gasteiger charge is 2.30. The van der Waals surface area contributed by atoms with Crippen LogP contribution in [0, 0.1) is 5.92 Å². The monoisotopic (exact) mass is 235 g/mol. The number of carboxylic acids is 1. The zero-order chi connectivity index (χ0) is 12.4. The maximum Gasteiger partial charge on any atom is 0.320 e. The molecule has 0 amide bonds.